The molecule has 4 rings (SSSR count). The van der Waals surface area contributed by atoms with Gasteiger partial charge in [0.1, 0.15) is 18.0 Å². The Morgan fingerprint density at radius 1 is 1.03 bits per heavy atom. The van der Waals surface area contributed by atoms with E-state index in [-0.39, 0.29) is 5.91 Å². The Labute approximate surface area is 175 Å². The first kappa shape index (κ1) is 19.5. The number of hydrogen-bond donors (Lipinski definition) is 1. The lowest BCUT2D eigenvalue weighted by atomic mass is 10.2. The normalized spacial score (nSPS) is 11.1. The van der Waals surface area contributed by atoms with Gasteiger partial charge in [-0.05, 0) is 41.5 Å². The van der Waals surface area contributed by atoms with Gasteiger partial charge in [0, 0.05) is 31.4 Å². The van der Waals surface area contributed by atoms with Gasteiger partial charge in [0.2, 0.25) is 5.91 Å². The first-order valence-corrected chi connectivity index (χ1v) is 9.91. The molecule has 2 heterocycles. The van der Waals surface area contributed by atoms with Crippen molar-refractivity contribution in [2.24, 2.45) is 0 Å². The van der Waals surface area contributed by atoms with Crippen LogP contribution in [0, 0.1) is 0 Å². The minimum atomic E-state index is -0.130. The first-order valence-electron chi connectivity index (χ1n) is 9.91. The van der Waals surface area contributed by atoms with E-state index >= 15 is 0 Å². The molecule has 0 aliphatic rings. The maximum Gasteiger partial charge on any atom is 0.244 e. The lowest BCUT2D eigenvalue weighted by molar-refractivity contribution is -0.116. The maximum absolute atomic E-state index is 12.1. The number of carbonyl (C=O) groups is 1. The number of pyridine rings is 1. The molecule has 0 saturated heterocycles. The molecule has 0 aliphatic heterocycles. The fourth-order valence-electron chi connectivity index (χ4n) is 3.10. The van der Waals surface area contributed by atoms with Gasteiger partial charge in [-0.2, -0.15) is 0 Å². The molecule has 0 aliphatic carbocycles. The molecule has 0 radical (unpaired) electrons. The highest BCUT2D eigenvalue weighted by Gasteiger charge is 2.02. The molecule has 4 aromatic rings. The van der Waals surface area contributed by atoms with Crippen molar-refractivity contribution in [3.63, 3.8) is 0 Å². The van der Waals surface area contributed by atoms with Gasteiger partial charge in [0.15, 0.2) is 0 Å². The summed E-state index contributed by atoms with van der Waals surface area (Å²) in [7, 11) is 0. The Balaban J connectivity index is 1.26. The van der Waals surface area contributed by atoms with Crippen LogP contribution in [0.4, 0.5) is 0 Å². The molecule has 150 valence electrons. The van der Waals surface area contributed by atoms with Crippen molar-refractivity contribution < 1.29 is 9.53 Å². The van der Waals surface area contributed by atoms with Crippen LogP contribution in [0.1, 0.15) is 16.8 Å². The lowest BCUT2D eigenvalue weighted by Crippen LogP contribution is -2.23. The highest BCUT2D eigenvalue weighted by Crippen LogP contribution is 2.16. The molecule has 1 N–H and O–H groups in total. The smallest absolute Gasteiger partial charge is 0.244 e. The Bertz CT molecular complexity index is 1120. The highest BCUT2D eigenvalue weighted by atomic mass is 16.5. The summed E-state index contributed by atoms with van der Waals surface area (Å²) in [5.41, 5.74) is 3.89. The van der Waals surface area contributed by atoms with E-state index in [0.717, 1.165) is 28.2 Å². The number of ether oxygens (including phenoxy) is 1. The lowest BCUT2D eigenvalue weighted by Gasteiger charge is -2.07. The second-order valence-electron chi connectivity index (χ2n) is 6.92. The third-order valence-corrected chi connectivity index (χ3v) is 4.63. The molecule has 0 unspecified atom stereocenters. The molecule has 0 atom stereocenters. The number of hydrogen-bond acceptors (Lipinski definition) is 3. The van der Waals surface area contributed by atoms with Gasteiger partial charge in [-0.1, -0.05) is 48.5 Å². The van der Waals surface area contributed by atoms with Crippen LogP contribution in [0.3, 0.4) is 0 Å². The summed E-state index contributed by atoms with van der Waals surface area (Å²) in [5.74, 6) is 0.641. The fourth-order valence-corrected chi connectivity index (χ4v) is 3.10. The molecular formula is C25H23N3O2. The summed E-state index contributed by atoms with van der Waals surface area (Å²) in [4.78, 5) is 16.7. The predicted molar refractivity (Wildman–Crippen MR) is 118 cm³/mol. The zero-order valence-corrected chi connectivity index (χ0v) is 16.6. The van der Waals surface area contributed by atoms with Crippen molar-refractivity contribution in [2.75, 3.05) is 6.54 Å². The maximum atomic E-state index is 12.1. The Kier molecular flexibility index (Phi) is 6.20. The third kappa shape index (κ3) is 5.35. The molecule has 0 spiro atoms. The van der Waals surface area contributed by atoms with E-state index in [1.54, 1.807) is 12.2 Å². The standard InChI is InChI=1S/C25H23N3O2/c29-25(26-15-14-22-18-28-16-5-4-11-24(28)27-22)13-12-20-9-6-10-23(17-20)30-19-21-7-2-1-3-8-21/h1-13,16-18H,14-15,19H2,(H,26,29)/b13-12+. The number of carbonyl (C=O) groups excluding carboxylic acids is 1. The van der Waals surface area contributed by atoms with Crippen LogP contribution in [0.5, 0.6) is 5.75 Å². The zero-order valence-electron chi connectivity index (χ0n) is 16.6. The second kappa shape index (κ2) is 9.56. The van der Waals surface area contributed by atoms with E-state index < -0.39 is 0 Å². The van der Waals surface area contributed by atoms with Gasteiger partial charge in [0.25, 0.3) is 0 Å². The first-order chi connectivity index (χ1) is 14.8. The number of nitrogens with zero attached hydrogens (tertiary/aromatic N) is 2. The van der Waals surface area contributed by atoms with Crippen molar-refractivity contribution in [3.8, 4) is 5.75 Å². The van der Waals surface area contributed by atoms with Crippen LogP contribution in [0.15, 0.2) is 91.3 Å². The van der Waals surface area contributed by atoms with Gasteiger partial charge in [-0.15, -0.1) is 0 Å². The summed E-state index contributed by atoms with van der Waals surface area (Å²) in [6.07, 6.45) is 7.96. The minimum Gasteiger partial charge on any atom is -0.489 e. The van der Waals surface area contributed by atoms with Crippen LogP contribution in [-0.4, -0.2) is 21.8 Å². The number of nitrogens with one attached hydrogen (secondary N) is 1. The van der Waals surface area contributed by atoms with Gasteiger partial charge < -0.3 is 14.5 Å². The van der Waals surface area contributed by atoms with Gasteiger partial charge in [0.05, 0.1) is 5.69 Å². The number of benzene rings is 2. The largest absolute Gasteiger partial charge is 0.489 e. The van der Waals surface area contributed by atoms with Crippen molar-refractivity contribution in [2.45, 2.75) is 13.0 Å². The predicted octanol–water partition coefficient (Wildman–Crippen LogP) is 4.29. The van der Waals surface area contributed by atoms with Crippen molar-refractivity contribution in [1.29, 1.82) is 0 Å². The molecular weight excluding hydrogens is 374 g/mol. The monoisotopic (exact) mass is 397 g/mol. The zero-order chi connectivity index (χ0) is 20.6. The van der Waals surface area contributed by atoms with Crippen LogP contribution < -0.4 is 10.1 Å². The van der Waals surface area contributed by atoms with Gasteiger partial charge >= 0.3 is 0 Å². The van der Waals surface area contributed by atoms with Crippen molar-refractivity contribution >= 4 is 17.6 Å². The number of imidazole rings is 1. The van der Waals surface area contributed by atoms with Gasteiger partial charge in [-0.3, -0.25) is 4.79 Å². The van der Waals surface area contributed by atoms with E-state index in [2.05, 4.69) is 10.3 Å². The quantitative estimate of drug-likeness (QED) is 0.452. The van der Waals surface area contributed by atoms with Crippen molar-refractivity contribution in [1.82, 2.24) is 14.7 Å². The summed E-state index contributed by atoms with van der Waals surface area (Å²) in [5, 5.41) is 2.90. The van der Waals surface area contributed by atoms with E-state index in [9.17, 15) is 4.79 Å². The van der Waals surface area contributed by atoms with Crippen LogP contribution in [0.2, 0.25) is 0 Å². The van der Waals surface area contributed by atoms with Crippen LogP contribution >= 0.6 is 0 Å². The summed E-state index contributed by atoms with van der Waals surface area (Å²) in [6, 6.07) is 23.6. The van der Waals surface area contributed by atoms with E-state index in [0.29, 0.717) is 19.6 Å². The summed E-state index contributed by atoms with van der Waals surface area (Å²) in [6.45, 7) is 1.05. The molecule has 0 saturated carbocycles. The number of amides is 1. The minimum absolute atomic E-state index is 0.130. The Hall–Kier alpha value is -3.86. The van der Waals surface area contributed by atoms with Crippen molar-refractivity contribution in [3.05, 3.63) is 108 Å². The van der Waals surface area contributed by atoms with E-state index in [1.807, 2.05) is 89.6 Å². The summed E-state index contributed by atoms with van der Waals surface area (Å²) < 4.78 is 7.81. The average Bonchev–Trinajstić information content (AvgIpc) is 3.20. The average molecular weight is 397 g/mol. The molecule has 1 amide bonds. The van der Waals surface area contributed by atoms with Gasteiger partial charge in [-0.25, -0.2) is 4.98 Å². The number of rotatable bonds is 8. The summed E-state index contributed by atoms with van der Waals surface area (Å²) >= 11 is 0. The molecule has 0 fully saturated rings. The molecule has 5 nitrogen and oxygen atoms in total. The molecule has 30 heavy (non-hydrogen) atoms. The number of fused-ring (bicyclic) bond motifs is 1. The Morgan fingerprint density at radius 2 is 1.90 bits per heavy atom. The Morgan fingerprint density at radius 3 is 2.77 bits per heavy atom. The van der Waals surface area contributed by atoms with E-state index in [4.69, 9.17) is 4.74 Å². The molecule has 2 aromatic heterocycles. The molecule has 2 aromatic carbocycles. The molecule has 5 heteroatoms. The van der Waals surface area contributed by atoms with Crippen LogP contribution in [-0.2, 0) is 17.8 Å². The highest BCUT2D eigenvalue weighted by molar-refractivity contribution is 5.91. The van der Waals surface area contributed by atoms with Crippen LogP contribution in [0.25, 0.3) is 11.7 Å². The topological polar surface area (TPSA) is 55.6 Å². The van der Waals surface area contributed by atoms with E-state index in [1.165, 1.54) is 0 Å². The molecule has 0 bridgehead atoms. The SMILES string of the molecule is O=C(/C=C/c1cccc(OCc2ccccc2)c1)NCCc1cn2ccccc2n1. The third-order valence-electron chi connectivity index (χ3n) is 4.63. The second-order valence-corrected chi connectivity index (χ2v) is 6.92. The number of aromatic nitrogens is 2. The fraction of sp³-hybridized carbons (Fsp3) is 0.120.